The number of nitrogens with zero attached hydrogens (tertiary/aromatic N) is 1. The van der Waals surface area contributed by atoms with E-state index in [1.165, 1.54) is 12.1 Å². The number of carbonyl (C=O) groups is 2. The van der Waals surface area contributed by atoms with E-state index >= 15 is 0 Å². The molecule has 0 aliphatic carbocycles. The molecule has 9 heteroatoms. The van der Waals surface area contributed by atoms with Gasteiger partial charge in [0.15, 0.2) is 6.61 Å². The highest BCUT2D eigenvalue weighted by atomic mass is 35.5. The van der Waals surface area contributed by atoms with E-state index in [9.17, 15) is 18.0 Å². The van der Waals surface area contributed by atoms with Crippen LogP contribution in [0.4, 0.5) is 0 Å². The highest BCUT2D eigenvalue weighted by Gasteiger charge is 2.27. The molecule has 29 heavy (non-hydrogen) atoms. The van der Waals surface area contributed by atoms with Crippen LogP contribution in [-0.4, -0.2) is 37.3 Å². The summed E-state index contributed by atoms with van der Waals surface area (Å²) in [5.41, 5.74) is 0.370. The lowest BCUT2D eigenvalue weighted by molar-refractivity contribution is -0.140. The molecule has 0 saturated carbocycles. The number of ether oxygens (including phenoxy) is 1. The minimum absolute atomic E-state index is 0.0726. The lowest BCUT2D eigenvalue weighted by Gasteiger charge is -2.35. The molecule has 0 aromatic heterocycles. The molecule has 0 fully saturated rings. The van der Waals surface area contributed by atoms with E-state index in [1.807, 2.05) is 51.1 Å². The average molecular weight is 439 g/mol. The zero-order valence-corrected chi connectivity index (χ0v) is 18.0. The molecule has 0 spiro atoms. The fourth-order valence-corrected chi connectivity index (χ4v) is 3.67. The van der Waals surface area contributed by atoms with E-state index in [4.69, 9.17) is 21.5 Å². The Balaban J connectivity index is 2.12. The summed E-state index contributed by atoms with van der Waals surface area (Å²) < 4.78 is 28.2. The van der Waals surface area contributed by atoms with Crippen LogP contribution in [-0.2, 0) is 26.1 Å². The van der Waals surface area contributed by atoms with Crippen molar-refractivity contribution in [2.75, 3.05) is 6.61 Å². The number of halogens is 1. The first kappa shape index (κ1) is 22.9. The van der Waals surface area contributed by atoms with Crippen LogP contribution in [0.15, 0.2) is 53.4 Å². The van der Waals surface area contributed by atoms with Crippen LogP contribution >= 0.6 is 11.6 Å². The van der Waals surface area contributed by atoms with Gasteiger partial charge < -0.3 is 9.64 Å². The topological polar surface area (TPSA) is 107 Å². The Morgan fingerprint density at radius 1 is 1.10 bits per heavy atom. The molecule has 7 nitrogen and oxygen atoms in total. The third-order valence-corrected chi connectivity index (χ3v) is 5.49. The van der Waals surface area contributed by atoms with Crippen molar-refractivity contribution >= 4 is 33.5 Å². The maximum absolute atomic E-state index is 12.7. The van der Waals surface area contributed by atoms with Gasteiger partial charge in [-0.15, -0.1) is 0 Å². The van der Waals surface area contributed by atoms with E-state index in [2.05, 4.69) is 0 Å². The molecule has 0 heterocycles. The number of benzene rings is 2. The van der Waals surface area contributed by atoms with Crippen LogP contribution in [0.3, 0.4) is 0 Å². The van der Waals surface area contributed by atoms with Crippen LogP contribution in [0.5, 0.6) is 0 Å². The molecular weight excluding hydrogens is 416 g/mol. The molecule has 0 atom stereocenters. The molecule has 0 aliphatic rings. The number of nitrogens with two attached hydrogens (primary N) is 1. The minimum Gasteiger partial charge on any atom is -0.452 e. The Bertz CT molecular complexity index is 1000. The summed E-state index contributed by atoms with van der Waals surface area (Å²) in [5, 5.41) is 4.98. The number of primary sulfonamides is 1. The van der Waals surface area contributed by atoms with Gasteiger partial charge in [0.1, 0.15) is 4.90 Å². The summed E-state index contributed by atoms with van der Waals surface area (Å²) in [6.45, 7) is 5.52. The number of rotatable bonds is 6. The lowest BCUT2D eigenvalue weighted by atomic mass is 10.0. The summed E-state index contributed by atoms with van der Waals surface area (Å²) in [6.07, 6.45) is 0. The summed E-state index contributed by atoms with van der Waals surface area (Å²) in [5.74, 6) is -1.23. The van der Waals surface area contributed by atoms with E-state index in [-0.39, 0.29) is 21.4 Å². The van der Waals surface area contributed by atoms with Crippen LogP contribution < -0.4 is 5.14 Å². The van der Waals surface area contributed by atoms with Gasteiger partial charge >= 0.3 is 5.97 Å². The van der Waals surface area contributed by atoms with Crippen molar-refractivity contribution in [1.29, 1.82) is 0 Å². The Kier molecular flexibility index (Phi) is 7.05. The third kappa shape index (κ3) is 6.28. The van der Waals surface area contributed by atoms with Crippen molar-refractivity contribution < 1.29 is 22.7 Å². The molecular formula is C20H23ClN2O5S. The van der Waals surface area contributed by atoms with Gasteiger partial charge in [-0.25, -0.2) is 18.4 Å². The first-order valence-electron chi connectivity index (χ1n) is 8.73. The van der Waals surface area contributed by atoms with Crippen molar-refractivity contribution in [3.63, 3.8) is 0 Å². The molecule has 2 aromatic rings. The van der Waals surface area contributed by atoms with Crippen molar-refractivity contribution in [2.24, 2.45) is 5.14 Å². The van der Waals surface area contributed by atoms with Crippen molar-refractivity contribution in [3.05, 3.63) is 64.7 Å². The predicted molar refractivity (Wildman–Crippen MR) is 110 cm³/mol. The summed E-state index contributed by atoms with van der Waals surface area (Å²) >= 11 is 5.81. The standard InChI is InChI=1S/C20H23ClN2O5S/c1-20(2,3)23(12-14-7-5-4-6-8-14)18(24)13-28-19(25)15-9-10-16(21)17(11-15)29(22,26)27/h4-11H,12-13H2,1-3H3,(H2,22,26,27). The highest BCUT2D eigenvalue weighted by molar-refractivity contribution is 7.89. The van der Waals surface area contributed by atoms with Gasteiger partial charge in [0, 0.05) is 12.1 Å². The molecule has 0 bridgehead atoms. The van der Waals surface area contributed by atoms with Crippen LogP contribution in [0.2, 0.25) is 5.02 Å². The second-order valence-electron chi connectivity index (χ2n) is 7.40. The van der Waals surface area contributed by atoms with Crippen molar-refractivity contribution in [1.82, 2.24) is 4.90 Å². The Morgan fingerprint density at radius 3 is 2.28 bits per heavy atom. The van der Waals surface area contributed by atoms with E-state index in [1.54, 1.807) is 4.90 Å². The third-order valence-electron chi connectivity index (χ3n) is 4.09. The first-order valence-corrected chi connectivity index (χ1v) is 10.7. The van der Waals surface area contributed by atoms with Gasteiger partial charge in [0.25, 0.3) is 5.91 Å². The van der Waals surface area contributed by atoms with Gasteiger partial charge in [-0.3, -0.25) is 4.79 Å². The van der Waals surface area contributed by atoms with Gasteiger partial charge in [0.2, 0.25) is 10.0 Å². The average Bonchev–Trinajstić information content (AvgIpc) is 2.63. The summed E-state index contributed by atoms with van der Waals surface area (Å²) in [7, 11) is -4.10. The number of hydrogen-bond acceptors (Lipinski definition) is 5. The zero-order chi connectivity index (χ0) is 21.8. The smallest absolute Gasteiger partial charge is 0.338 e. The van der Waals surface area contributed by atoms with Crippen molar-refractivity contribution in [2.45, 2.75) is 37.8 Å². The minimum atomic E-state index is -4.10. The number of carbonyl (C=O) groups excluding carboxylic acids is 2. The molecule has 1 amide bonds. The maximum Gasteiger partial charge on any atom is 0.338 e. The fraction of sp³-hybridized carbons (Fsp3) is 0.300. The molecule has 2 rings (SSSR count). The van der Waals surface area contributed by atoms with E-state index < -0.39 is 28.1 Å². The second kappa shape index (κ2) is 8.94. The molecule has 2 N–H and O–H groups in total. The maximum atomic E-state index is 12.7. The Hall–Kier alpha value is -2.42. The number of sulfonamides is 1. The summed E-state index contributed by atoms with van der Waals surface area (Å²) in [4.78, 5) is 26.2. The molecule has 2 aromatic carbocycles. The van der Waals surface area contributed by atoms with E-state index in [0.717, 1.165) is 11.6 Å². The predicted octanol–water partition coefficient (Wildman–Crippen LogP) is 2.97. The number of esters is 1. The molecule has 0 aliphatic heterocycles. The molecule has 0 radical (unpaired) electrons. The van der Waals surface area contributed by atoms with E-state index in [0.29, 0.717) is 6.54 Å². The first-order chi connectivity index (χ1) is 13.4. The van der Waals surface area contributed by atoms with Gasteiger partial charge in [-0.2, -0.15) is 0 Å². The lowest BCUT2D eigenvalue weighted by Crippen LogP contribution is -2.46. The van der Waals surface area contributed by atoms with Gasteiger partial charge in [-0.1, -0.05) is 41.9 Å². The Labute approximate surface area is 175 Å². The molecule has 0 unspecified atom stereocenters. The summed E-state index contributed by atoms with van der Waals surface area (Å²) in [6, 6.07) is 13.0. The number of hydrogen-bond donors (Lipinski definition) is 1. The second-order valence-corrected chi connectivity index (χ2v) is 9.34. The monoisotopic (exact) mass is 438 g/mol. The van der Waals surface area contributed by atoms with Crippen LogP contribution in [0.1, 0.15) is 36.7 Å². The normalized spacial score (nSPS) is 11.8. The van der Waals surface area contributed by atoms with Crippen LogP contribution in [0.25, 0.3) is 0 Å². The van der Waals surface area contributed by atoms with Gasteiger partial charge in [-0.05, 0) is 44.5 Å². The van der Waals surface area contributed by atoms with Crippen LogP contribution in [0, 0.1) is 0 Å². The molecule has 0 saturated heterocycles. The SMILES string of the molecule is CC(C)(C)N(Cc1ccccc1)C(=O)COC(=O)c1ccc(Cl)c(S(N)(=O)=O)c1. The quantitative estimate of drug-likeness (QED) is 0.697. The Morgan fingerprint density at radius 2 is 1.72 bits per heavy atom. The number of amides is 1. The fourth-order valence-electron chi connectivity index (χ4n) is 2.60. The van der Waals surface area contributed by atoms with Gasteiger partial charge in [0.05, 0.1) is 10.6 Å². The highest BCUT2D eigenvalue weighted by Crippen LogP contribution is 2.22. The largest absolute Gasteiger partial charge is 0.452 e. The molecule has 156 valence electrons. The van der Waals surface area contributed by atoms with Crippen molar-refractivity contribution in [3.8, 4) is 0 Å². The zero-order valence-electron chi connectivity index (χ0n) is 16.4.